The van der Waals surface area contributed by atoms with E-state index in [9.17, 15) is 9.90 Å². The third-order valence-corrected chi connectivity index (χ3v) is 3.03. The number of aryl methyl sites for hydroxylation is 1. The second-order valence-electron chi connectivity index (χ2n) is 4.53. The van der Waals surface area contributed by atoms with Gasteiger partial charge in [0.1, 0.15) is 11.8 Å². The van der Waals surface area contributed by atoms with Gasteiger partial charge in [-0.2, -0.15) is 0 Å². The van der Waals surface area contributed by atoms with Crippen LogP contribution in [-0.2, 0) is 11.3 Å². The van der Waals surface area contributed by atoms with Crippen LogP contribution in [-0.4, -0.2) is 38.6 Å². The number of carboxylic acids is 1. The smallest absolute Gasteiger partial charge is 0.303 e. The Morgan fingerprint density at radius 3 is 3.11 bits per heavy atom. The van der Waals surface area contributed by atoms with Crippen molar-refractivity contribution >= 4 is 18.1 Å². The van der Waals surface area contributed by atoms with Gasteiger partial charge in [-0.15, -0.1) is 0 Å². The molecule has 1 aromatic heterocycles. The summed E-state index contributed by atoms with van der Waals surface area (Å²) >= 11 is 0. The van der Waals surface area contributed by atoms with Crippen molar-refractivity contribution in [3.05, 3.63) is 12.0 Å². The minimum Gasteiger partial charge on any atom is -0.481 e. The van der Waals surface area contributed by atoms with Gasteiger partial charge in [0.2, 0.25) is 0 Å². The van der Waals surface area contributed by atoms with E-state index in [1.165, 1.54) is 0 Å². The molecule has 2 rings (SSSR count). The topological polar surface area (TPSA) is 99.7 Å². The quantitative estimate of drug-likeness (QED) is 0.662. The number of fused-ring (bicyclic) bond motifs is 1. The standard InChI is InChI=1S/C12H18N4O3/c17-9-6-13-7-14-12-11(9)15-8-16(12)5-3-1-2-4-10(18)19/h7-9,17H,1-6H2,(H,13,14)(H,18,19). The predicted octanol–water partition coefficient (Wildman–Crippen LogP) is 0.824. The first-order chi connectivity index (χ1) is 9.18. The van der Waals surface area contributed by atoms with E-state index in [4.69, 9.17) is 5.11 Å². The Morgan fingerprint density at radius 1 is 1.47 bits per heavy atom. The Balaban J connectivity index is 1.89. The van der Waals surface area contributed by atoms with Crippen LogP contribution in [0.1, 0.15) is 37.5 Å². The molecular formula is C12H18N4O3. The molecule has 0 bridgehead atoms. The maximum Gasteiger partial charge on any atom is 0.303 e. The van der Waals surface area contributed by atoms with Crippen LogP contribution in [0.4, 0.5) is 5.82 Å². The number of aliphatic hydroxyl groups excluding tert-OH is 1. The van der Waals surface area contributed by atoms with E-state index in [0.29, 0.717) is 24.5 Å². The van der Waals surface area contributed by atoms with Crippen LogP contribution in [0.3, 0.4) is 0 Å². The molecule has 0 aliphatic carbocycles. The van der Waals surface area contributed by atoms with Crippen molar-refractivity contribution in [1.82, 2.24) is 14.9 Å². The molecule has 0 spiro atoms. The average molecular weight is 266 g/mol. The highest BCUT2D eigenvalue weighted by Crippen LogP contribution is 2.25. The molecule has 1 aliphatic rings. The number of aliphatic imine (C=N–C) groups is 1. The number of aliphatic carboxylic acids is 1. The molecule has 3 N–H and O–H groups in total. The van der Waals surface area contributed by atoms with Crippen molar-refractivity contribution in [3.8, 4) is 0 Å². The van der Waals surface area contributed by atoms with Crippen LogP contribution >= 0.6 is 0 Å². The van der Waals surface area contributed by atoms with E-state index in [1.54, 1.807) is 12.7 Å². The summed E-state index contributed by atoms with van der Waals surface area (Å²) in [6, 6.07) is 0. The Kier molecular flexibility index (Phi) is 4.51. The van der Waals surface area contributed by atoms with Gasteiger partial charge in [0, 0.05) is 19.5 Å². The Hall–Kier alpha value is -1.89. The predicted molar refractivity (Wildman–Crippen MR) is 69.4 cm³/mol. The first-order valence-electron chi connectivity index (χ1n) is 6.39. The van der Waals surface area contributed by atoms with Gasteiger partial charge in [0.05, 0.1) is 12.7 Å². The summed E-state index contributed by atoms with van der Waals surface area (Å²) in [5, 5.41) is 21.3. The minimum atomic E-state index is -0.754. The maximum atomic E-state index is 10.4. The van der Waals surface area contributed by atoms with Gasteiger partial charge >= 0.3 is 5.97 Å². The number of carboxylic acid groups (broad SMARTS) is 1. The highest BCUT2D eigenvalue weighted by Gasteiger charge is 2.19. The van der Waals surface area contributed by atoms with Gasteiger partial charge in [-0.1, -0.05) is 6.42 Å². The zero-order chi connectivity index (χ0) is 13.7. The van der Waals surface area contributed by atoms with Crippen LogP contribution in [0.15, 0.2) is 11.3 Å². The number of nitrogens with zero attached hydrogens (tertiary/aromatic N) is 3. The van der Waals surface area contributed by atoms with Crippen molar-refractivity contribution in [2.75, 3.05) is 6.54 Å². The third-order valence-electron chi connectivity index (χ3n) is 3.03. The Bertz CT molecular complexity index is 470. The average Bonchev–Trinajstić information content (AvgIpc) is 2.67. The highest BCUT2D eigenvalue weighted by atomic mass is 16.4. The van der Waals surface area contributed by atoms with Gasteiger partial charge in [0.25, 0.3) is 0 Å². The number of rotatable bonds is 6. The van der Waals surface area contributed by atoms with Crippen LogP contribution in [0.2, 0.25) is 0 Å². The lowest BCUT2D eigenvalue weighted by Crippen LogP contribution is -2.17. The van der Waals surface area contributed by atoms with Gasteiger partial charge in [0.15, 0.2) is 5.82 Å². The molecule has 0 saturated carbocycles. The number of hydrogen-bond acceptors (Lipinski definition) is 5. The molecule has 0 saturated heterocycles. The van der Waals surface area contributed by atoms with Crippen molar-refractivity contribution in [1.29, 1.82) is 0 Å². The van der Waals surface area contributed by atoms with Crippen molar-refractivity contribution in [2.45, 2.75) is 38.3 Å². The minimum absolute atomic E-state index is 0.211. The number of aromatic nitrogens is 2. The van der Waals surface area contributed by atoms with Crippen LogP contribution in [0, 0.1) is 0 Å². The number of unbranched alkanes of at least 4 members (excludes halogenated alkanes) is 2. The molecule has 1 aliphatic heterocycles. The van der Waals surface area contributed by atoms with Crippen molar-refractivity contribution < 1.29 is 15.0 Å². The summed E-state index contributed by atoms with van der Waals surface area (Å²) in [7, 11) is 0. The molecule has 0 radical (unpaired) electrons. The Labute approximate surface area is 111 Å². The second kappa shape index (κ2) is 6.33. The van der Waals surface area contributed by atoms with E-state index in [0.717, 1.165) is 19.4 Å². The molecule has 0 aromatic carbocycles. The zero-order valence-electron chi connectivity index (χ0n) is 10.6. The fraction of sp³-hybridized carbons (Fsp3) is 0.583. The first kappa shape index (κ1) is 13.5. The molecule has 2 heterocycles. The fourth-order valence-electron chi connectivity index (χ4n) is 2.03. The summed E-state index contributed by atoms with van der Waals surface area (Å²) in [6.07, 6.45) is 5.21. The van der Waals surface area contributed by atoms with Gasteiger partial charge < -0.3 is 20.1 Å². The molecule has 104 valence electrons. The highest BCUT2D eigenvalue weighted by molar-refractivity contribution is 5.66. The molecular weight excluding hydrogens is 248 g/mol. The monoisotopic (exact) mass is 266 g/mol. The summed E-state index contributed by atoms with van der Waals surface area (Å²) < 4.78 is 1.89. The molecule has 0 fully saturated rings. The fourth-order valence-corrected chi connectivity index (χ4v) is 2.03. The number of imidazole rings is 1. The second-order valence-corrected chi connectivity index (χ2v) is 4.53. The van der Waals surface area contributed by atoms with Gasteiger partial charge in [-0.3, -0.25) is 4.79 Å². The van der Waals surface area contributed by atoms with E-state index < -0.39 is 12.1 Å². The SMILES string of the molecule is O=C(O)CCCCCn1cnc2c1N=CNCC2O. The number of nitrogens with one attached hydrogen (secondary N) is 1. The lowest BCUT2D eigenvalue weighted by atomic mass is 10.2. The largest absolute Gasteiger partial charge is 0.481 e. The lowest BCUT2D eigenvalue weighted by molar-refractivity contribution is -0.137. The van der Waals surface area contributed by atoms with Crippen LogP contribution < -0.4 is 5.32 Å². The number of carbonyl (C=O) groups is 1. The number of aliphatic hydroxyl groups is 1. The summed E-state index contributed by atoms with van der Waals surface area (Å²) in [6.45, 7) is 1.14. The molecule has 19 heavy (non-hydrogen) atoms. The number of hydrogen-bond donors (Lipinski definition) is 3. The number of β-amino-alcohol motifs (C(OH)–C–C–N with tert-alkyl or cyclic N) is 1. The molecule has 0 amide bonds. The van der Waals surface area contributed by atoms with Gasteiger partial charge in [-0.25, -0.2) is 9.98 Å². The maximum absolute atomic E-state index is 10.4. The lowest BCUT2D eigenvalue weighted by Gasteiger charge is -2.06. The zero-order valence-corrected chi connectivity index (χ0v) is 10.6. The normalized spacial score (nSPS) is 17.6. The van der Waals surface area contributed by atoms with Crippen LogP contribution in [0.25, 0.3) is 0 Å². The molecule has 1 aromatic rings. The van der Waals surface area contributed by atoms with E-state index >= 15 is 0 Å². The molecule has 7 heteroatoms. The van der Waals surface area contributed by atoms with E-state index in [2.05, 4.69) is 15.3 Å². The Morgan fingerprint density at radius 2 is 2.32 bits per heavy atom. The van der Waals surface area contributed by atoms with E-state index in [-0.39, 0.29) is 6.42 Å². The van der Waals surface area contributed by atoms with Gasteiger partial charge in [-0.05, 0) is 12.8 Å². The molecule has 1 unspecified atom stereocenters. The van der Waals surface area contributed by atoms with E-state index in [1.807, 2.05) is 4.57 Å². The third kappa shape index (κ3) is 3.54. The van der Waals surface area contributed by atoms with Crippen LogP contribution in [0.5, 0.6) is 0 Å². The summed E-state index contributed by atoms with van der Waals surface area (Å²) in [5.74, 6) is -0.0778. The molecule has 1 atom stereocenters. The summed E-state index contributed by atoms with van der Waals surface area (Å²) in [5.41, 5.74) is 0.590. The van der Waals surface area contributed by atoms with Crippen molar-refractivity contribution in [2.24, 2.45) is 4.99 Å². The first-order valence-corrected chi connectivity index (χ1v) is 6.39. The van der Waals surface area contributed by atoms with Crippen molar-refractivity contribution in [3.63, 3.8) is 0 Å². The summed E-state index contributed by atoms with van der Waals surface area (Å²) in [4.78, 5) is 18.8. The molecule has 7 nitrogen and oxygen atoms in total.